The quantitative estimate of drug-likeness (QED) is 0.108. The molecule has 31 heavy (non-hydrogen) atoms. The van der Waals surface area contributed by atoms with Gasteiger partial charge in [-0.25, -0.2) is 22.5 Å². The van der Waals surface area contributed by atoms with Gasteiger partial charge in [-0.15, -0.1) is 0 Å². The van der Waals surface area contributed by atoms with Gasteiger partial charge >= 0.3 is 0 Å². The molecule has 0 aliphatic carbocycles. The monoisotopic (exact) mass is 533 g/mol. The van der Waals surface area contributed by atoms with E-state index in [9.17, 15) is 17.6 Å². The van der Waals surface area contributed by atoms with Crippen molar-refractivity contribution in [3.8, 4) is 23.7 Å². The molecule has 1 nitrogen and oxygen atoms in total. The van der Waals surface area contributed by atoms with Crippen molar-refractivity contribution in [3.05, 3.63) is 97.4 Å². The van der Waals surface area contributed by atoms with Crippen molar-refractivity contribution >= 4 is 22.6 Å². The van der Waals surface area contributed by atoms with Crippen LogP contribution >= 0.6 is 22.6 Å². The smallest absolute Gasteiger partial charge is 0.178 e. The number of hydrogen-bond donors (Lipinski definition) is 0. The van der Waals surface area contributed by atoms with E-state index in [1.165, 1.54) is 22.6 Å². The topological polar surface area (TPSA) is 12.9 Å². The summed E-state index contributed by atoms with van der Waals surface area (Å²) >= 11 is 1.21. The zero-order chi connectivity index (χ0) is 22.8. The van der Waals surface area contributed by atoms with Crippen LogP contribution in [0.2, 0.25) is 0 Å². The van der Waals surface area contributed by atoms with Crippen LogP contribution in [0.3, 0.4) is 0 Å². The van der Waals surface area contributed by atoms with Crippen molar-refractivity contribution in [2.45, 2.75) is 26.2 Å². The second kappa shape index (κ2) is 9.11. The molecule has 1 aromatic heterocycles. The van der Waals surface area contributed by atoms with Gasteiger partial charge in [0.2, 0.25) is 0 Å². The number of halogens is 5. The van der Waals surface area contributed by atoms with Gasteiger partial charge in [0.25, 0.3) is 0 Å². The third-order valence-corrected chi connectivity index (χ3v) is 5.35. The molecule has 3 aromatic rings. The second-order valence-electron chi connectivity index (χ2n) is 7.67. The van der Waals surface area contributed by atoms with E-state index < -0.39 is 32.4 Å². The summed E-state index contributed by atoms with van der Waals surface area (Å²) < 4.78 is 55.3. The summed E-state index contributed by atoms with van der Waals surface area (Å²) in [6.45, 7) is 6.10. The molecule has 0 saturated heterocycles. The molecule has 0 aliphatic heterocycles. The molecule has 6 heteroatoms. The van der Waals surface area contributed by atoms with Crippen molar-refractivity contribution in [2.75, 3.05) is 0 Å². The SMILES string of the molecule is CC(C)(C)c1ccc(C#Cc2c(F)c(F)c(I)c(F)c2F)c(C#Cc2ccccn2)c1. The third kappa shape index (κ3) is 5.08. The van der Waals surface area contributed by atoms with Gasteiger partial charge in [-0.1, -0.05) is 50.7 Å². The second-order valence-corrected chi connectivity index (χ2v) is 8.75. The molecule has 2 aromatic carbocycles. The van der Waals surface area contributed by atoms with E-state index in [1.807, 2.05) is 32.9 Å². The molecule has 0 spiro atoms. The van der Waals surface area contributed by atoms with E-state index >= 15 is 0 Å². The largest absolute Gasteiger partial charge is 0.248 e. The van der Waals surface area contributed by atoms with Crippen LogP contribution in [0.5, 0.6) is 0 Å². The van der Waals surface area contributed by atoms with Crippen LogP contribution in [0.25, 0.3) is 0 Å². The molecule has 1 heterocycles. The average molecular weight is 533 g/mol. The van der Waals surface area contributed by atoms with Crippen LogP contribution in [0, 0.1) is 50.5 Å². The number of nitrogens with zero attached hydrogens (tertiary/aromatic N) is 1. The highest BCUT2D eigenvalue weighted by molar-refractivity contribution is 14.1. The number of rotatable bonds is 0. The summed E-state index contributed by atoms with van der Waals surface area (Å²) in [6.07, 6.45) is 1.61. The first-order valence-electron chi connectivity index (χ1n) is 9.20. The molecule has 0 amide bonds. The Morgan fingerprint density at radius 1 is 0.774 bits per heavy atom. The third-order valence-electron chi connectivity index (χ3n) is 4.41. The predicted molar refractivity (Wildman–Crippen MR) is 120 cm³/mol. The Bertz CT molecular complexity index is 1240. The Balaban J connectivity index is 2.15. The highest BCUT2D eigenvalue weighted by Crippen LogP contribution is 2.26. The van der Waals surface area contributed by atoms with E-state index in [0.29, 0.717) is 16.8 Å². The number of aromatic nitrogens is 1. The van der Waals surface area contributed by atoms with Crippen LogP contribution in [0.1, 0.15) is 48.7 Å². The fraction of sp³-hybridized carbons (Fsp3) is 0.160. The van der Waals surface area contributed by atoms with Crippen molar-refractivity contribution in [2.24, 2.45) is 0 Å². The van der Waals surface area contributed by atoms with Crippen molar-refractivity contribution in [1.29, 1.82) is 0 Å². The van der Waals surface area contributed by atoms with Crippen molar-refractivity contribution < 1.29 is 17.6 Å². The van der Waals surface area contributed by atoms with E-state index in [-0.39, 0.29) is 5.41 Å². The lowest BCUT2D eigenvalue weighted by Gasteiger charge is -2.19. The van der Waals surface area contributed by atoms with Crippen LogP contribution < -0.4 is 0 Å². The molecule has 0 atom stereocenters. The van der Waals surface area contributed by atoms with Gasteiger partial charge < -0.3 is 0 Å². The Kier molecular flexibility index (Phi) is 6.71. The minimum Gasteiger partial charge on any atom is -0.248 e. The zero-order valence-corrected chi connectivity index (χ0v) is 19.0. The maximum Gasteiger partial charge on any atom is 0.178 e. The summed E-state index contributed by atoms with van der Waals surface area (Å²) in [5.74, 6) is 4.77. The first-order chi connectivity index (χ1) is 14.6. The summed E-state index contributed by atoms with van der Waals surface area (Å²) in [6, 6.07) is 10.7. The summed E-state index contributed by atoms with van der Waals surface area (Å²) in [7, 11) is 0. The molecule has 0 saturated carbocycles. The van der Waals surface area contributed by atoms with E-state index in [0.717, 1.165) is 5.56 Å². The highest BCUT2D eigenvalue weighted by Gasteiger charge is 2.23. The molecule has 0 fully saturated rings. The first kappa shape index (κ1) is 22.8. The minimum absolute atomic E-state index is 0.173. The standard InChI is InChI=1S/C25H16F4IN/c1-25(2,3)17-10-7-15(16(14-17)8-11-18-6-4-5-13-31-18)9-12-19-20(26)22(28)24(30)23(29)21(19)27/h4-7,10,13-14H,1-3H3. The van der Waals surface area contributed by atoms with Gasteiger partial charge in [-0.2, -0.15) is 0 Å². The summed E-state index contributed by atoms with van der Waals surface area (Å²) in [5, 5.41) is 0. The van der Waals surface area contributed by atoms with Gasteiger partial charge in [0, 0.05) is 17.3 Å². The Labute approximate surface area is 192 Å². The molecular weight excluding hydrogens is 517 g/mol. The lowest BCUT2D eigenvalue weighted by molar-refractivity contribution is 0.442. The molecule has 0 bridgehead atoms. The van der Waals surface area contributed by atoms with Crippen LogP contribution in [0.15, 0.2) is 42.6 Å². The van der Waals surface area contributed by atoms with Gasteiger partial charge in [0.05, 0.1) is 3.57 Å². The van der Waals surface area contributed by atoms with Crippen LogP contribution in [-0.4, -0.2) is 4.98 Å². The first-order valence-corrected chi connectivity index (χ1v) is 10.3. The van der Waals surface area contributed by atoms with E-state index in [2.05, 4.69) is 28.7 Å². The molecule has 0 unspecified atom stereocenters. The average Bonchev–Trinajstić information content (AvgIpc) is 2.75. The molecular formula is C25H16F4IN. The highest BCUT2D eigenvalue weighted by atomic mass is 127. The maximum atomic E-state index is 14.2. The zero-order valence-electron chi connectivity index (χ0n) is 16.9. The van der Waals surface area contributed by atoms with Gasteiger partial charge in [-0.3, -0.25) is 0 Å². The van der Waals surface area contributed by atoms with Crippen molar-refractivity contribution in [3.63, 3.8) is 0 Å². The lowest BCUT2D eigenvalue weighted by atomic mass is 9.85. The Morgan fingerprint density at radius 3 is 2.00 bits per heavy atom. The number of benzene rings is 2. The molecule has 0 radical (unpaired) electrons. The fourth-order valence-electron chi connectivity index (χ4n) is 2.64. The normalized spacial score (nSPS) is 10.7. The van der Waals surface area contributed by atoms with Gasteiger partial charge in [0.15, 0.2) is 23.3 Å². The number of pyridine rings is 1. The van der Waals surface area contributed by atoms with Gasteiger partial charge in [0.1, 0.15) is 11.3 Å². The Morgan fingerprint density at radius 2 is 1.42 bits per heavy atom. The molecule has 0 N–H and O–H groups in total. The van der Waals surface area contributed by atoms with Crippen LogP contribution in [-0.2, 0) is 5.41 Å². The number of hydrogen-bond acceptors (Lipinski definition) is 1. The predicted octanol–water partition coefficient (Wildman–Crippen LogP) is 6.34. The van der Waals surface area contributed by atoms with E-state index in [1.54, 1.807) is 30.5 Å². The molecule has 3 rings (SSSR count). The van der Waals surface area contributed by atoms with Crippen LogP contribution in [0.4, 0.5) is 17.6 Å². The van der Waals surface area contributed by atoms with Gasteiger partial charge in [-0.05, 0) is 63.8 Å². The Hall–Kier alpha value is -2.84. The van der Waals surface area contributed by atoms with E-state index in [4.69, 9.17) is 0 Å². The fourth-order valence-corrected chi connectivity index (χ4v) is 3.11. The minimum atomic E-state index is -1.52. The maximum absolute atomic E-state index is 14.2. The molecule has 0 aliphatic rings. The van der Waals surface area contributed by atoms with Crippen molar-refractivity contribution in [1.82, 2.24) is 4.98 Å². The lowest BCUT2D eigenvalue weighted by Crippen LogP contribution is -2.11. The summed E-state index contributed by atoms with van der Waals surface area (Å²) in [5.41, 5.74) is 1.27. The molecule has 156 valence electrons. The summed E-state index contributed by atoms with van der Waals surface area (Å²) in [4.78, 5) is 4.15.